The van der Waals surface area contributed by atoms with Crippen LogP contribution in [0.25, 0.3) is 22.1 Å². The number of nitrogens with one attached hydrogen (secondary N) is 5. The van der Waals surface area contributed by atoms with Crippen molar-refractivity contribution in [2.45, 2.75) is 12.7 Å². The molecule has 282 valence electrons. The minimum Gasteiger partial charge on any atom is -0.478 e. The number of alkyl halides is 3. The summed E-state index contributed by atoms with van der Waals surface area (Å²) in [5, 5.41) is 19.4. The van der Waals surface area contributed by atoms with Gasteiger partial charge in [0.25, 0.3) is 5.91 Å². The monoisotopic (exact) mass is 955 g/mol. The van der Waals surface area contributed by atoms with E-state index >= 15 is 0 Å². The highest BCUT2D eigenvalue weighted by molar-refractivity contribution is 9.11. The molecular weight excluding hydrogens is 937 g/mol. The van der Waals surface area contributed by atoms with Gasteiger partial charge >= 0.3 is 12.1 Å². The summed E-state index contributed by atoms with van der Waals surface area (Å²) < 4.78 is 40.6. The normalized spacial score (nSPS) is 11.3. The van der Waals surface area contributed by atoms with Gasteiger partial charge in [0.2, 0.25) is 11.9 Å². The number of para-hydroxylation sites is 2. The average Bonchev–Trinajstić information content (AvgIpc) is 3.75. The highest BCUT2D eigenvalue weighted by atomic mass is 79.9. The number of carboxylic acid groups (broad SMARTS) is 1. The number of rotatable bonds is 8. The molecule has 0 saturated heterocycles. The van der Waals surface area contributed by atoms with Gasteiger partial charge in [-0.15, -0.1) is 0 Å². The Morgan fingerprint density at radius 3 is 1.62 bits per heavy atom. The third kappa shape index (κ3) is 9.31. The van der Waals surface area contributed by atoms with Crippen LogP contribution in [0.5, 0.6) is 0 Å². The zero-order chi connectivity index (χ0) is 39.6. The molecule has 2 aromatic heterocycles. The Morgan fingerprint density at radius 1 is 0.691 bits per heavy atom. The molecule has 0 fully saturated rings. The first-order valence-electron chi connectivity index (χ1n) is 15.6. The van der Waals surface area contributed by atoms with Gasteiger partial charge in [-0.2, -0.15) is 13.2 Å². The second-order valence-electron chi connectivity index (χ2n) is 11.5. The van der Waals surface area contributed by atoms with E-state index in [0.29, 0.717) is 74.4 Å². The van der Waals surface area contributed by atoms with Crippen LogP contribution in [-0.2, 0) is 12.7 Å². The summed E-state index contributed by atoms with van der Waals surface area (Å²) in [6, 6.07) is 21.4. The number of nitrogens with zero attached hydrogens (tertiary/aromatic N) is 2. The number of halogens is 9. The Morgan fingerprint density at radius 2 is 1.15 bits per heavy atom. The number of carboxylic acids is 1. The van der Waals surface area contributed by atoms with Gasteiger partial charge < -0.3 is 31.0 Å². The molecular formula is C36H22Br2Cl4F3N7O3. The Balaban J connectivity index is 0.000000203. The number of hydrogen-bond donors (Lipinski definition) is 6. The van der Waals surface area contributed by atoms with E-state index in [0.717, 1.165) is 6.07 Å². The van der Waals surface area contributed by atoms with Crippen molar-refractivity contribution in [3.8, 4) is 0 Å². The maximum atomic E-state index is 13.2. The highest BCUT2D eigenvalue weighted by Gasteiger charge is 2.33. The molecule has 10 nitrogen and oxygen atoms in total. The van der Waals surface area contributed by atoms with Crippen LogP contribution >= 0.6 is 78.3 Å². The fourth-order valence-electron chi connectivity index (χ4n) is 5.22. The van der Waals surface area contributed by atoms with Gasteiger partial charge in [0.1, 0.15) is 11.0 Å². The molecule has 0 atom stereocenters. The van der Waals surface area contributed by atoms with Crippen molar-refractivity contribution in [1.82, 2.24) is 25.3 Å². The summed E-state index contributed by atoms with van der Waals surface area (Å²) in [5.41, 5.74) is 2.84. The molecule has 1 amide bonds. The molecule has 7 aromatic rings. The summed E-state index contributed by atoms with van der Waals surface area (Å²) in [5.74, 6) is -0.792. The molecule has 6 N–H and O–H groups in total. The van der Waals surface area contributed by atoms with E-state index < -0.39 is 23.6 Å². The van der Waals surface area contributed by atoms with Crippen molar-refractivity contribution >= 4 is 135 Å². The van der Waals surface area contributed by atoms with Crippen LogP contribution in [0.3, 0.4) is 0 Å². The van der Waals surface area contributed by atoms with E-state index in [9.17, 15) is 22.8 Å². The van der Waals surface area contributed by atoms with E-state index in [2.05, 4.69) is 67.7 Å². The number of H-pyrrole nitrogens is 2. The third-order valence-electron chi connectivity index (χ3n) is 7.76. The molecule has 5 aromatic carbocycles. The number of aromatic carboxylic acids is 1. The minimum absolute atomic E-state index is 0.0249. The topological polar surface area (TPSA) is 148 Å². The third-order valence-corrected chi connectivity index (χ3v) is 10.2. The van der Waals surface area contributed by atoms with E-state index in [1.807, 2.05) is 0 Å². The van der Waals surface area contributed by atoms with Crippen LogP contribution in [0.2, 0.25) is 20.1 Å². The number of carbonyl (C=O) groups is 2. The number of carbonyl (C=O) groups excluding carboxylic acids is 1. The molecule has 0 radical (unpaired) electrons. The molecule has 0 spiro atoms. The number of anilines is 4. The molecule has 0 unspecified atom stereocenters. The molecule has 0 aliphatic carbocycles. The van der Waals surface area contributed by atoms with Crippen LogP contribution in [0.4, 0.5) is 36.4 Å². The Kier molecular flexibility index (Phi) is 12.2. The SMILES string of the molecule is O=C(NCc1ccccc1C(F)(F)F)c1cc(Br)c2nc(Nc3c(Cl)cccc3Cl)[nH]c2c1.O=C(O)c1cc(Br)c2nc(Nc3c(Cl)cccc3Cl)[nH]c2c1. The summed E-state index contributed by atoms with van der Waals surface area (Å²) >= 11 is 31.3. The number of aromatic amines is 2. The van der Waals surface area contributed by atoms with Crippen molar-refractivity contribution in [2.75, 3.05) is 10.6 Å². The van der Waals surface area contributed by atoms with Gasteiger partial charge in [-0.25, -0.2) is 14.8 Å². The lowest BCUT2D eigenvalue weighted by molar-refractivity contribution is -0.138. The van der Waals surface area contributed by atoms with Crippen LogP contribution in [0.1, 0.15) is 31.8 Å². The van der Waals surface area contributed by atoms with Crippen molar-refractivity contribution < 1.29 is 27.9 Å². The van der Waals surface area contributed by atoms with Crippen LogP contribution in [0.15, 0.2) is 93.9 Å². The molecule has 19 heteroatoms. The van der Waals surface area contributed by atoms with Crippen LogP contribution < -0.4 is 16.0 Å². The summed E-state index contributed by atoms with van der Waals surface area (Å²) in [6.07, 6.45) is -4.51. The van der Waals surface area contributed by atoms with Gasteiger partial charge in [-0.3, -0.25) is 4.79 Å². The largest absolute Gasteiger partial charge is 0.478 e. The lowest BCUT2D eigenvalue weighted by Crippen LogP contribution is -2.24. The zero-order valence-corrected chi connectivity index (χ0v) is 33.5. The number of imidazole rings is 2. The number of fused-ring (bicyclic) bond motifs is 2. The molecule has 2 heterocycles. The molecule has 0 aliphatic heterocycles. The number of amides is 1. The van der Waals surface area contributed by atoms with Gasteiger partial charge in [0, 0.05) is 21.1 Å². The maximum Gasteiger partial charge on any atom is 0.416 e. The molecule has 0 saturated carbocycles. The predicted octanol–water partition coefficient (Wildman–Crippen LogP) is 12.4. The maximum absolute atomic E-state index is 13.2. The standard InChI is InChI=1S/C22H14BrCl2F3N4O.C14H8BrCl2N3O2/c23-14-8-12(20(33)29-10-11-4-1-2-5-13(11)22(26,27)28)9-17-18(14)31-21(30-17)32-19-15(24)6-3-7-16(19)25;15-7-4-6(13(21)22)5-10-11(7)19-14(18-10)20-12-8(16)2-1-3-9(12)17/h1-9H,10H2,(H,29,33)(H2,30,31,32);1-5H,(H,21,22)(H2,18,19,20). The first-order valence-corrected chi connectivity index (χ1v) is 18.7. The second-order valence-corrected chi connectivity index (χ2v) is 14.8. The van der Waals surface area contributed by atoms with Crippen molar-refractivity contribution in [3.05, 3.63) is 136 Å². The predicted molar refractivity (Wildman–Crippen MR) is 217 cm³/mol. The van der Waals surface area contributed by atoms with E-state index in [4.69, 9.17) is 51.5 Å². The number of aromatic nitrogens is 4. The zero-order valence-electron chi connectivity index (χ0n) is 27.3. The molecule has 0 bridgehead atoms. The smallest absolute Gasteiger partial charge is 0.416 e. The molecule has 55 heavy (non-hydrogen) atoms. The van der Waals surface area contributed by atoms with Crippen molar-refractivity contribution in [2.24, 2.45) is 0 Å². The van der Waals surface area contributed by atoms with Gasteiger partial charge in [0.05, 0.1) is 53.6 Å². The summed E-state index contributed by atoms with van der Waals surface area (Å²) in [7, 11) is 0. The van der Waals surface area contributed by atoms with Crippen LogP contribution in [-0.4, -0.2) is 36.9 Å². The average molecular weight is 959 g/mol. The quantitative estimate of drug-likeness (QED) is 0.0888. The highest BCUT2D eigenvalue weighted by Crippen LogP contribution is 2.36. The first kappa shape index (κ1) is 40.2. The van der Waals surface area contributed by atoms with Crippen LogP contribution in [0, 0.1) is 0 Å². The Bertz CT molecular complexity index is 2560. The fraction of sp³-hybridized carbons (Fsp3) is 0.0556. The molecule has 7 rings (SSSR count). The van der Waals surface area contributed by atoms with E-state index in [1.165, 1.54) is 30.3 Å². The second kappa shape index (κ2) is 16.7. The molecule has 0 aliphatic rings. The summed E-state index contributed by atoms with van der Waals surface area (Å²) in [4.78, 5) is 38.6. The summed E-state index contributed by atoms with van der Waals surface area (Å²) in [6.45, 7) is -0.273. The van der Waals surface area contributed by atoms with Gasteiger partial charge in [-0.05, 0) is 92.0 Å². The van der Waals surface area contributed by atoms with E-state index in [-0.39, 0.29) is 23.2 Å². The van der Waals surface area contributed by atoms with E-state index in [1.54, 1.807) is 48.5 Å². The fourth-order valence-corrected chi connectivity index (χ4v) is 7.31. The first-order chi connectivity index (χ1) is 26.1. The lowest BCUT2D eigenvalue weighted by atomic mass is 10.1. The minimum atomic E-state index is -4.51. The Labute approximate surface area is 346 Å². The number of benzene rings is 5. The lowest BCUT2D eigenvalue weighted by Gasteiger charge is -2.13. The van der Waals surface area contributed by atoms with Crippen molar-refractivity contribution in [1.29, 1.82) is 0 Å². The Hall–Kier alpha value is -4.51. The van der Waals surface area contributed by atoms with Gasteiger partial charge in [-0.1, -0.05) is 76.7 Å². The van der Waals surface area contributed by atoms with Crippen molar-refractivity contribution in [3.63, 3.8) is 0 Å². The number of hydrogen-bond acceptors (Lipinski definition) is 6. The van der Waals surface area contributed by atoms with Gasteiger partial charge in [0.15, 0.2) is 0 Å².